The minimum Gasteiger partial charge on any atom is -0.455 e. The molecule has 0 saturated heterocycles. The minimum atomic E-state index is -1.83. The summed E-state index contributed by atoms with van der Waals surface area (Å²) in [6, 6.07) is 9.66. The zero-order chi connectivity index (χ0) is 17.1. The van der Waals surface area contributed by atoms with Crippen molar-refractivity contribution in [2.24, 2.45) is 0 Å². The van der Waals surface area contributed by atoms with Crippen LogP contribution in [0, 0.1) is 0 Å². The van der Waals surface area contributed by atoms with Gasteiger partial charge in [-0.2, -0.15) is 0 Å². The van der Waals surface area contributed by atoms with E-state index in [2.05, 4.69) is 36.2 Å². The van der Waals surface area contributed by atoms with Gasteiger partial charge in [0, 0.05) is 12.4 Å². The molecule has 0 aliphatic heterocycles. The molecule has 2 rings (SSSR count). The fraction of sp³-hybridized carbons (Fsp3) is 0.375. The summed E-state index contributed by atoms with van der Waals surface area (Å²) in [4.78, 5) is 8.34. The molecule has 7 heteroatoms. The molecular formula is C16H26N4OSi2. The first kappa shape index (κ1) is 17.6. The summed E-state index contributed by atoms with van der Waals surface area (Å²) in [5.41, 5.74) is 13.7. The second kappa shape index (κ2) is 6.82. The van der Waals surface area contributed by atoms with Gasteiger partial charge in [-0.3, -0.25) is 0 Å². The fourth-order valence-corrected chi connectivity index (χ4v) is 11.8. The molecule has 0 unspecified atom stereocenters. The monoisotopic (exact) mass is 346 g/mol. The summed E-state index contributed by atoms with van der Waals surface area (Å²) < 4.78 is 6.65. The van der Waals surface area contributed by atoms with Gasteiger partial charge in [0.2, 0.25) is 0 Å². The Morgan fingerprint density at radius 2 is 1.17 bits per heavy atom. The van der Waals surface area contributed by atoms with Gasteiger partial charge in [0.1, 0.15) is 11.6 Å². The van der Waals surface area contributed by atoms with Crippen LogP contribution >= 0.6 is 0 Å². The van der Waals surface area contributed by atoms with Crippen molar-refractivity contribution in [1.82, 2.24) is 9.97 Å². The third kappa shape index (κ3) is 5.77. The Kier molecular flexibility index (Phi) is 5.23. The summed E-state index contributed by atoms with van der Waals surface area (Å²) in [5, 5.41) is 0. The number of nitrogens with zero attached hydrogens (tertiary/aromatic N) is 2. The van der Waals surface area contributed by atoms with Crippen LogP contribution in [0.3, 0.4) is 0 Å². The highest BCUT2D eigenvalue weighted by Crippen LogP contribution is 2.22. The van der Waals surface area contributed by atoms with Crippen molar-refractivity contribution in [2.75, 3.05) is 11.5 Å². The van der Waals surface area contributed by atoms with Crippen LogP contribution in [-0.4, -0.2) is 26.6 Å². The van der Waals surface area contributed by atoms with Crippen molar-refractivity contribution < 1.29 is 4.12 Å². The first-order valence-electron chi connectivity index (χ1n) is 7.76. The van der Waals surface area contributed by atoms with Crippen molar-refractivity contribution in [2.45, 2.75) is 38.3 Å². The number of hydrogen-bond donors (Lipinski definition) is 2. The topological polar surface area (TPSA) is 87.0 Å². The molecule has 5 nitrogen and oxygen atoms in total. The maximum absolute atomic E-state index is 6.65. The molecule has 0 spiro atoms. The van der Waals surface area contributed by atoms with Crippen molar-refractivity contribution in [3.63, 3.8) is 0 Å². The predicted octanol–water partition coefficient (Wildman–Crippen LogP) is 2.93. The van der Waals surface area contributed by atoms with Gasteiger partial charge in [-0.1, -0.05) is 12.1 Å². The Hall–Kier alpha value is -1.71. The maximum atomic E-state index is 6.65. The quantitative estimate of drug-likeness (QED) is 0.785. The van der Waals surface area contributed by atoms with Crippen LogP contribution in [0.25, 0.3) is 0 Å². The molecule has 124 valence electrons. The minimum absolute atomic E-state index is 0.555. The SMILES string of the molecule is C[Si](C)(Cc1ccc(N)nc1)O[Si](C)(C)Cc1ccc(N)nc1. The molecule has 4 N–H and O–H groups in total. The second-order valence-electron chi connectivity index (χ2n) is 7.16. The lowest BCUT2D eigenvalue weighted by molar-refractivity contribution is 0.537. The van der Waals surface area contributed by atoms with Gasteiger partial charge in [-0.15, -0.1) is 0 Å². The zero-order valence-corrected chi connectivity index (χ0v) is 16.3. The number of nitrogens with two attached hydrogens (primary N) is 2. The average molecular weight is 347 g/mol. The highest BCUT2D eigenvalue weighted by molar-refractivity contribution is 6.84. The Labute approximate surface area is 140 Å². The van der Waals surface area contributed by atoms with E-state index < -0.39 is 16.6 Å². The van der Waals surface area contributed by atoms with Gasteiger partial charge in [0.05, 0.1) is 0 Å². The number of nitrogen functional groups attached to an aromatic ring is 2. The van der Waals surface area contributed by atoms with Crippen LogP contribution in [0.5, 0.6) is 0 Å². The van der Waals surface area contributed by atoms with E-state index in [1.165, 1.54) is 11.1 Å². The van der Waals surface area contributed by atoms with Crippen molar-refractivity contribution in [1.29, 1.82) is 0 Å². The highest BCUT2D eigenvalue weighted by Gasteiger charge is 2.33. The van der Waals surface area contributed by atoms with E-state index >= 15 is 0 Å². The Morgan fingerprint density at radius 3 is 1.48 bits per heavy atom. The van der Waals surface area contributed by atoms with Gasteiger partial charge in [-0.25, -0.2) is 9.97 Å². The van der Waals surface area contributed by atoms with E-state index in [1.54, 1.807) is 0 Å². The zero-order valence-electron chi connectivity index (χ0n) is 14.3. The molecule has 23 heavy (non-hydrogen) atoms. The molecule has 0 aromatic carbocycles. The number of hydrogen-bond acceptors (Lipinski definition) is 5. The van der Waals surface area contributed by atoms with Gasteiger partial charge in [-0.05, 0) is 61.5 Å². The van der Waals surface area contributed by atoms with E-state index in [4.69, 9.17) is 15.6 Å². The smallest absolute Gasteiger partial charge is 0.177 e. The van der Waals surface area contributed by atoms with Crippen LogP contribution in [0.2, 0.25) is 26.2 Å². The van der Waals surface area contributed by atoms with Crippen molar-refractivity contribution >= 4 is 28.3 Å². The Bertz CT molecular complexity index is 585. The predicted molar refractivity (Wildman–Crippen MR) is 101 cm³/mol. The van der Waals surface area contributed by atoms with Crippen LogP contribution in [0.1, 0.15) is 11.1 Å². The lowest BCUT2D eigenvalue weighted by Gasteiger charge is -2.34. The molecule has 0 radical (unpaired) electrons. The molecule has 0 aliphatic rings. The largest absolute Gasteiger partial charge is 0.455 e. The highest BCUT2D eigenvalue weighted by atomic mass is 28.4. The molecule has 0 atom stereocenters. The lowest BCUT2D eigenvalue weighted by Crippen LogP contribution is -2.47. The summed E-state index contributed by atoms with van der Waals surface area (Å²) in [6.07, 6.45) is 3.71. The third-order valence-corrected chi connectivity index (χ3v) is 10.4. The fourth-order valence-electron chi connectivity index (χ4n) is 2.88. The number of rotatable bonds is 6. The third-order valence-electron chi connectivity index (χ3n) is 3.51. The van der Waals surface area contributed by atoms with Crippen LogP contribution in [0.4, 0.5) is 11.6 Å². The molecule has 2 aromatic rings. The number of aromatic nitrogens is 2. The summed E-state index contributed by atoms with van der Waals surface area (Å²) in [5.74, 6) is 1.11. The van der Waals surface area contributed by atoms with Gasteiger partial charge >= 0.3 is 0 Å². The maximum Gasteiger partial charge on any atom is 0.177 e. The molecule has 0 saturated carbocycles. The summed E-state index contributed by atoms with van der Waals surface area (Å²) >= 11 is 0. The van der Waals surface area contributed by atoms with Gasteiger partial charge < -0.3 is 15.6 Å². The van der Waals surface area contributed by atoms with E-state index in [9.17, 15) is 0 Å². The first-order valence-corrected chi connectivity index (χ1v) is 14.0. The van der Waals surface area contributed by atoms with Crippen LogP contribution < -0.4 is 11.5 Å². The van der Waals surface area contributed by atoms with Crippen molar-refractivity contribution in [3.05, 3.63) is 47.8 Å². The van der Waals surface area contributed by atoms with E-state index in [0.29, 0.717) is 11.6 Å². The van der Waals surface area contributed by atoms with Crippen molar-refractivity contribution in [3.8, 4) is 0 Å². The molecule has 0 amide bonds. The Morgan fingerprint density at radius 1 is 0.783 bits per heavy atom. The molecule has 2 heterocycles. The van der Waals surface area contributed by atoms with Gasteiger partial charge in [0.15, 0.2) is 16.6 Å². The molecule has 0 bridgehead atoms. The standard InChI is InChI=1S/C16H26N4OSi2/c1-22(2,11-13-5-7-15(17)19-9-13)21-23(3,4)12-14-6-8-16(18)20-10-14/h5-10H,11-12H2,1-4H3,(H2,17,19)(H2,18,20). The van der Waals surface area contributed by atoms with Crippen LogP contribution in [0.15, 0.2) is 36.7 Å². The normalized spacial score (nSPS) is 12.3. The number of pyridine rings is 2. The van der Waals surface area contributed by atoms with Crippen LogP contribution in [-0.2, 0) is 16.2 Å². The van der Waals surface area contributed by atoms with E-state index in [1.807, 2.05) is 36.7 Å². The van der Waals surface area contributed by atoms with Gasteiger partial charge in [0.25, 0.3) is 0 Å². The summed E-state index contributed by atoms with van der Waals surface area (Å²) in [6.45, 7) is 9.05. The second-order valence-corrected chi connectivity index (χ2v) is 15.7. The molecule has 0 aliphatic carbocycles. The first-order chi connectivity index (χ1) is 10.7. The number of anilines is 2. The molecular weight excluding hydrogens is 320 g/mol. The lowest BCUT2D eigenvalue weighted by atomic mass is 10.3. The molecule has 0 fully saturated rings. The average Bonchev–Trinajstić information content (AvgIpc) is 2.42. The van der Waals surface area contributed by atoms with E-state index in [-0.39, 0.29) is 0 Å². The Balaban J connectivity index is 2.02. The molecule has 2 aromatic heterocycles. The summed E-state index contributed by atoms with van der Waals surface area (Å²) in [7, 11) is -3.65. The van der Waals surface area contributed by atoms with E-state index in [0.717, 1.165) is 12.1 Å².